The van der Waals surface area contributed by atoms with Gasteiger partial charge in [0.1, 0.15) is 0 Å². The molecule has 3 aliphatic rings. The molecule has 6 nitrogen and oxygen atoms in total. The van der Waals surface area contributed by atoms with Crippen molar-refractivity contribution in [1.29, 1.82) is 0 Å². The van der Waals surface area contributed by atoms with Crippen LogP contribution < -0.4 is 5.32 Å². The number of fused-ring (bicyclic) bond motifs is 1. The zero-order valence-electron chi connectivity index (χ0n) is 16.7. The number of hydrogen-bond acceptors (Lipinski definition) is 4. The Morgan fingerprint density at radius 3 is 2.50 bits per heavy atom. The zero-order valence-corrected chi connectivity index (χ0v) is 16.7. The molecule has 30 heavy (non-hydrogen) atoms. The fraction of sp³-hybridized carbons (Fsp3) is 0.375. The van der Waals surface area contributed by atoms with Gasteiger partial charge in [0.2, 0.25) is 0 Å². The molecule has 1 saturated heterocycles. The quantitative estimate of drug-likeness (QED) is 0.750. The van der Waals surface area contributed by atoms with E-state index in [2.05, 4.69) is 5.32 Å². The highest BCUT2D eigenvalue weighted by Gasteiger charge is 2.38. The van der Waals surface area contributed by atoms with Crippen LogP contribution in [0.25, 0.3) is 0 Å². The van der Waals surface area contributed by atoms with Gasteiger partial charge in [-0.05, 0) is 55.4 Å². The molecule has 5 rings (SSSR count). The third-order valence-corrected chi connectivity index (χ3v) is 6.18. The fourth-order valence-electron chi connectivity index (χ4n) is 4.38. The molecule has 2 fully saturated rings. The summed E-state index contributed by atoms with van der Waals surface area (Å²) < 4.78 is 5.58. The van der Waals surface area contributed by atoms with Crippen LogP contribution in [0, 0.1) is 5.92 Å². The Labute approximate surface area is 175 Å². The molecule has 2 aromatic carbocycles. The molecular formula is C24H24N2O4. The molecule has 2 aliphatic heterocycles. The van der Waals surface area contributed by atoms with E-state index in [4.69, 9.17) is 4.74 Å². The lowest BCUT2D eigenvalue weighted by molar-refractivity contribution is 0.0475. The average molecular weight is 404 g/mol. The van der Waals surface area contributed by atoms with Gasteiger partial charge < -0.3 is 10.1 Å². The Morgan fingerprint density at radius 2 is 1.80 bits per heavy atom. The molecule has 0 spiro atoms. The molecule has 1 saturated carbocycles. The van der Waals surface area contributed by atoms with Crippen LogP contribution in [0.4, 0.5) is 0 Å². The molecule has 1 aliphatic carbocycles. The first kappa shape index (κ1) is 19.0. The Balaban J connectivity index is 1.34. The minimum atomic E-state index is -0.345. The number of nitrogens with one attached hydrogen (secondary N) is 1. The van der Waals surface area contributed by atoms with Gasteiger partial charge in [0.05, 0.1) is 29.8 Å². The van der Waals surface area contributed by atoms with Gasteiger partial charge in [-0.1, -0.05) is 30.3 Å². The second-order valence-corrected chi connectivity index (χ2v) is 8.32. The lowest BCUT2D eigenvalue weighted by Crippen LogP contribution is -2.36. The number of nitrogens with zero attached hydrogens (tertiary/aromatic N) is 1. The van der Waals surface area contributed by atoms with Crippen LogP contribution in [0.15, 0.2) is 48.5 Å². The Kier molecular flexibility index (Phi) is 4.87. The van der Waals surface area contributed by atoms with E-state index < -0.39 is 0 Å². The van der Waals surface area contributed by atoms with Gasteiger partial charge in [0, 0.05) is 12.2 Å². The molecular weight excluding hydrogens is 380 g/mol. The van der Waals surface area contributed by atoms with Crippen molar-refractivity contribution in [2.75, 3.05) is 13.2 Å². The zero-order chi connectivity index (χ0) is 20.7. The number of carbonyl (C=O) groups excluding carboxylic acids is 3. The van der Waals surface area contributed by atoms with Crippen molar-refractivity contribution in [3.63, 3.8) is 0 Å². The van der Waals surface area contributed by atoms with Crippen LogP contribution in [0.3, 0.4) is 0 Å². The molecule has 2 heterocycles. The van der Waals surface area contributed by atoms with Gasteiger partial charge in [-0.2, -0.15) is 0 Å². The predicted molar refractivity (Wildman–Crippen MR) is 110 cm³/mol. The maximum atomic E-state index is 13.0. The monoisotopic (exact) mass is 404 g/mol. The lowest BCUT2D eigenvalue weighted by atomic mass is 10.0. The number of hydrogen-bond donors (Lipinski definition) is 1. The molecule has 2 atom stereocenters. The molecule has 0 bridgehead atoms. The highest BCUT2D eigenvalue weighted by molar-refractivity contribution is 6.22. The highest BCUT2D eigenvalue weighted by Crippen LogP contribution is 2.41. The summed E-state index contributed by atoms with van der Waals surface area (Å²) in [6.07, 6.45) is 3.88. The van der Waals surface area contributed by atoms with E-state index in [0.29, 0.717) is 29.2 Å². The number of rotatable bonds is 6. The van der Waals surface area contributed by atoms with Crippen molar-refractivity contribution in [3.05, 3.63) is 70.8 Å². The summed E-state index contributed by atoms with van der Waals surface area (Å²) >= 11 is 0. The van der Waals surface area contributed by atoms with Crippen molar-refractivity contribution in [2.45, 2.75) is 37.8 Å². The standard InChI is InChI=1S/C24H24N2O4/c27-22(25-21(16-8-9-16)15-5-2-1-3-6-15)17-10-11-19-20(13-17)24(29)26(23(19)28)14-18-7-4-12-30-18/h1-3,5-6,10-11,13,16,18,21H,4,7-9,12,14H2,(H,25,27). The Hall–Kier alpha value is -2.99. The van der Waals surface area contributed by atoms with Gasteiger partial charge in [0.15, 0.2) is 0 Å². The second kappa shape index (κ2) is 7.69. The molecule has 2 aromatic rings. The maximum absolute atomic E-state index is 13.0. The van der Waals surface area contributed by atoms with Crippen LogP contribution in [0.1, 0.15) is 68.4 Å². The van der Waals surface area contributed by atoms with E-state index in [1.54, 1.807) is 18.2 Å². The number of ether oxygens (including phenoxy) is 1. The Morgan fingerprint density at radius 1 is 1.03 bits per heavy atom. The van der Waals surface area contributed by atoms with Crippen molar-refractivity contribution >= 4 is 17.7 Å². The van der Waals surface area contributed by atoms with Crippen LogP contribution in [-0.2, 0) is 4.74 Å². The van der Waals surface area contributed by atoms with Gasteiger partial charge in [-0.3, -0.25) is 19.3 Å². The summed E-state index contributed by atoms with van der Waals surface area (Å²) in [4.78, 5) is 39.8. The van der Waals surface area contributed by atoms with E-state index in [1.165, 1.54) is 4.90 Å². The van der Waals surface area contributed by atoms with Crippen molar-refractivity contribution in [2.24, 2.45) is 5.92 Å². The van der Waals surface area contributed by atoms with Crippen LogP contribution in [-0.4, -0.2) is 41.9 Å². The van der Waals surface area contributed by atoms with Crippen molar-refractivity contribution in [3.8, 4) is 0 Å². The van der Waals surface area contributed by atoms with E-state index in [9.17, 15) is 14.4 Å². The summed E-state index contributed by atoms with van der Waals surface area (Å²) in [5.41, 5.74) is 2.14. The maximum Gasteiger partial charge on any atom is 0.261 e. The fourth-order valence-corrected chi connectivity index (χ4v) is 4.38. The second-order valence-electron chi connectivity index (χ2n) is 8.32. The molecule has 3 amide bonds. The summed E-state index contributed by atoms with van der Waals surface area (Å²) in [5.74, 6) is -0.438. The molecule has 0 radical (unpaired) electrons. The SMILES string of the molecule is O=C(NC(c1ccccc1)C1CC1)c1ccc2c(c1)C(=O)N(CC1CCCO1)C2=O. The molecule has 0 aromatic heterocycles. The smallest absolute Gasteiger partial charge is 0.261 e. The highest BCUT2D eigenvalue weighted by atomic mass is 16.5. The number of imide groups is 1. The van der Waals surface area contributed by atoms with Gasteiger partial charge in [0.25, 0.3) is 17.7 Å². The van der Waals surface area contributed by atoms with Crippen molar-refractivity contribution in [1.82, 2.24) is 10.2 Å². The third-order valence-electron chi connectivity index (χ3n) is 6.18. The van der Waals surface area contributed by atoms with Crippen molar-refractivity contribution < 1.29 is 19.1 Å². The number of benzene rings is 2. The summed E-state index contributed by atoms with van der Waals surface area (Å²) in [6.45, 7) is 0.938. The third kappa shape index (κ3) is 3.52. The van der Waals surface area contributed by atoms with Gasteiger partial charge >= 0.3 is 0 Å². The van der Waals surface area contributed by atoms with E-state index in [-0.39, 0.29) is 36.4 Å². The summed E-state index contributed by atoms with van der Waals surface area (Å²) in [5, 5.41) is 3.13. The van der Waals surface area contributed by atoms with Crippen LogP contribution >= 0.6 is 0 Å². The normalized spacial score (nSPS) is 21.6. The topological polar surface area (TPSA) is 75.7 Å². The lowest BCUT2D eigenvalue weighted by Gasteiger charge is -2.19. The first-order valence-electron chi connectivity index (χ1n) is 10.6. The average Bonchev–Trinajstić information content (AvgIpc) is 3.44. The minimum absolute atomic E-state index is 0.0414. The minimum Gasteiger partial charge on any atom is -0.376 e. The molecule has 6 heteroatoms. The first-order chi connectivity index (χ1) is 14.6. The Bertz CT molecular complexity index is 994. The molecule has 2 unspecified atom stereocenters. The first-order valence-corrected chi connectivity index (χ1v) is 10.6. The summed E-state index contributed by atoms with van der Waals surface area (Å²) in [7, 11) is 0. The summed E-state index contributed by atoms with van der Waals surface area (Å²) in [6, 6.07) is 14.7. The van der Waals surface area contributed by atoms with Gasteiger partial charge in [-0.25, -0.2) is 0 Å². The molecule has 1 N–H and O–H groups in total. The molecule has 154 valence electrons. The van der Waals surface area contributed by atoms with E-state index in [0.717, 1.165) is 31.2 Å². The van der Waals surface area contributed by atoms with E-state index in [1.807, 2.05) is 30.3 Å². The van der Waals surface area contributed by atoms with Gasteiger partial charge in [-0.15, -0.1) is 0 Å². The number of amides is 3. The largest absolute Gasteiger partial charge is 0.376 e. The van der Waals surface area contributed by atoms with Crippen LogP contribution in [0.2, 0.25) is 0 Å². The predicted octanol–water partition coefficient (Wildman–Crippen LogP) is 3.34. The number of carbonyl (C=O) groups is 3. The van der Waals surface area contributed by atoms with E-state index >= 15 is 0 Å². The van der Waals surface area contributed by atoms with Crippen LogP contribution in [0.5, 0.6) is 0 Å².